The number of pyridine rings is 1. The van der Waals surface area contributed by atoms with Crippen molar-refractivity contribution in [1.82, 2.24) is 19.4 Å². The van der Waals surface area contributed by atoms with Gasteiger partial charge < -0.3 is 10.1 Å². The summed E-state index contributed by atoms with van der Waals surface area (Å²) in [6, 6.07) is 2.92. The molecule has 4 aromatic rings. The molecule has 0 radical (unpaired) electrons. The van der Waals surface area contributed by atoms with Gasteiger partial charge in [-0.15, -0.1) is 0 Å². The monoisotopic (exact) mass is 387 g/mol. The number of ether oxygens (including phenoxy) is 1. The highest BCUT2D eigenvalue weighted by Crippen LogP contribution is 2.39. The lowest BCUT2D eigenvalue weighted by Gasteiger charge is -2.15. The van der Waals surface area contributed by atoms with Gasteiger partial charge in [0.05, 0.1) is 18.4 Å². The largest absolute Gasteiger partial charge is 0.494 e. The topological polar surface area (TPSA) is 64.3 Å². The number of anilines is 1. The van der Waals surface area contributed by atoms with Crippen LogP contribution in [0.25, 0.3) is 27.8 Å². The molecule has 3 aromatic heterocycles. The summed E-state index contributed by atoms with van der Waals surface area (Å²) in [6.07, 6.45) is 6.77. The number of aromatic nitrogens is 4. The normalized spacial score (nSPS) is 11.3. The van der Waals surface area contributed by atoms with Crippen LogP contribution in [0.1, 0.15) is 0 Å². The minimum absolute atomic E-state index is 0.0606. The van der Waals surface area contributed by atoms with Crippen molar-refractivity contribution in [2.24, 2.45) is 0 Å². The molecule has 4 rings (SSSR count). The molecule has 0 aliphatic carbocycles. The van der Waals surface area contributed by atoms with Gasteiger partial charge in [-0.3, -0.25) is 4.40 Å². The number of imidazole rings is 1. The van der Waals surface area contributed by atoms with E-state index in [1.165, 1.54) is 24.9 Å². The van der Waals surface area contributed by atoms with Gasteiger partial charge >= 0.3 is 0 Å². The molecule has 1 N–H and O–H groups in total. The highest BCUT2D eigenvalue weighted by molar-refractivity contribution is 7.98. The number of halogens is 2. The number of hydrogen-bond acceptors (Lipinski definition) is 6. The average molecular weight is 387 g/mol. The predicted molar refractivity (Wildman–Crippen MR) is 102 cm³/mol. The molecule has 0 bridgehead atoms. The summed E-state index contributed by atoms with van der Waals surface area (Å²) in [7, 11) is 2.89. The van der Waals surface area contributed by atoms with Gasteiger partial charge in [0, 0.05) is 42.7 Å². The van der Waals surface area contributed by atoms with E-state index >= 15 is 8.78 Å². The highest BCUT2D eigenvalue weighted by atomic mass is 32.2. The van der Waals surface area contributed by atoms with Crippen LogP contribution in [0.15, 0.2) is 35.9 Å². The number of fused-ring (bicyclic) bond motifs is 3. The van der Waals surface area contributed by atoms with Crippen molar-refractivity contribution in [3.8, 4) is 16.9 Å². The fourth-order valence-electron chi connectivity index (χ4n) is 3.02. The van der Waals surface area contributed by atoms with Crippen molar-refractivity contribution in [2.75, 3.05) is 25.7 Å². The van der Waals surface area contributed by atoms with Crippen LogP contribution in [0.5, 0.6) is 5.75 Å². The standard InChI is InChI=1S/C18H15F2N5OS/c1-21-11-7-12(26-2)15(20)13(14(11)19)10-6-9-8-23-18(27-3)24-16(9)25-5-4-22-17(10)25/h4-8,21H,1-3H3. The summed E-state index contributed by atoms with van der Waals surface area (Å²) < 4.78 is 36.9. The summed E-state index contributed by atoms with van der Waals surface area (Å²) in [5.74, 6) is -1.57. The van der Waals surface area contributed by atoms with Crippen molar-refractivity contribution in [3.05, 3.63) is 42.4 Å². The zero-order chi connectivity index (χ0) is 19.1. The van der Waals surface area contributed by atoms with Gasteiger partial charge in [0.15, 0.2) is 22.5 Å². The number of hydrogen-bond donors (Lipinski definition) is 1. The molecule has 27 heavy (non-hydrogen) atoms. The van der Waals surface area contributed by atoms with Crippen LogP contribution in [-0.4, -0.2) is 39.8 Å². The Morgan fingerprint density at radius 1 is 1.15 bits per heavy atom. The minimum Gasteiger partial charge on any atom is -0.494 e. The number of rotatable bonds is 4. The third kappa shape index (κ3) is 2.66. The van der Waals surface area contributed by atoms with E-state index in [0.29, 0.717) is 27.4 Å². The predicted octanol–water partition coefficient (Wildman–Crippen LogP) is 3.99. The van der Waals surface area contributed by atoms with E-state index in [1.807, 2.05) is 6.26 Å². The summed E-state index contributed by atoms with van der Waals surface area (Å²) in [6.45, 7) is 0. The second-order valence-corrected chi connectivity index (χ2v) is 6.47. The zero-order valence-corrected chi connectivity index (χ0v) is 15.6. The Morgan fingerprint density at radius 3 is 2.67 bits per heavy atom. The van der Waals surface area contributed by atoms with Crippen LogP contribution in [0.4, 0.5) is 14.5 Å². The lowest BCUT2D eigenvalue weighted by atomic mass is 10.0. The Hall–Kier alpha value is -2.94. The van der Waals surface area contributed by atoms with Gasteiger partial charge in [0.25, 0.3) is 0 Å². The van der Waals surface area contributed by atoms with Crippen molar-refractivity contribution >= 4 is 34.1 Å². The summed E-state index contributed by atoms with van der Waals surface area (Å²) in [4.78, 5) is 13.0. The number of thioether (sulfide) groups is 1. The third-order valence-electron chi connectivity index (χ3n) is 4.29. The maximum atomic E-state index is 15.1. The smallest absolute Gasteiger partial charge is 0.189 e. The van der Waals surface area contributed by atoms with E-state index in [-0.39, 0.29) is 17.0 Å². The molecule has 0 fully saturated rings. The van der Waals surface area contributed by atoms with Gasteiger partial charge in [0.2, 0.25) is 0 Å². The Balaban J connectivity index is 2.12. The van der Waals surface area contributed by atoms with Crippen LogP contribution in [0, 0.1) is 11.6 Å². The Labute approximate surface area is 157 Å². The second-order valence-electron chi connectivity index (χ2n) is 5.69. The molecular formula is C18H15F2N5OS. The first-order valence-electron chi connectivity index (χ1n) is 8.00. The quantitative estimate of drug-likeness (QED) is 0.422. The van der Waals surface area contributed by atoms with Gasteiger partial charge in [0.1, 0.15) is 11.3 Å². The van der Waals surface area contributed by atoms with Crippen LogP contribution in [0.3, 0.4) is 0 Å². The van der Waals surface area contributed by atoms with Crippen LogP contribution >= 0.6 is 11.8 Å². The molecule has 0 aliphatic heterocycles. The Bertz CT molecular complexity index is 1150. The third-order valence-corrected chi connectivity index (χ3v) is 4.85. The second kappa shape index (κ2) is 6.66. The van der Waals surface area contributed by atoms with Crippen molar-refractivity contribution in [3.63, 3.8) is 0 Å². The fourth-order valence-corrected chi connectivity index (χ4v) is 3.35. The maximum absolute atomic E-state index is 15.1. The lowest BCUT2D eigenvalue weighted by Crippen LogP contribution is -2.03. The molecule has 0 saturated carbocycles. The first-order valence-corrected chi connectivity index (χ1v) is 9.22. The summed E-state index contributed by atoms with van der Waals surface area (Å²) in [5.41, 5.74) is 1.20. The summed E-state index contributed by atoms with van der Waals surface area (Å²) >= 11 is 1.41. The number of nitrogens with one attached hydrogen (secondary N) is 1. The minimum atomic E-state index is -0.792. The van der Waals surface area contributed by atoms with Gasteiger partial charge in [-0.2, -0.15) is 0 Å². The van der Waals surface area contributed by atoms with E-state index in [9.17, 15) is 0 Å². The van der Waals surface area contributed by atoms with E-state index in [0.717, 1.165) is 0 Å². The molecule has 0 spiro atoms. The molecule has 138 valence electrons. The number of nitrogens with zero attached hydrogens (tertiary/aromatic N) is 4. The molecule has 0 amide bonds. The molecule has 0 atom stereocenters. The van der Waals surface area contributed by atoms with E-state index in [2.05, 4.69) is 20.3 Å². The van der Waals surface area contributed by atoms with E-state index in [4.69, 9.17) is 4.74 Å². The first kappa shape index (κ1) is 17.5. The Morgan fingerprint density at radius 2 is 1.96 bits per heavy atom. The number of methoxy groups -OCH3 is 1. The molecule has 9 heteroatoms. The van der Waals surface area contributed by atoms with Crippen molar-refractivity contribution < 1.29 is 13.5 Å². The molecule has 3 heterocycles. The van der Waals surface area contributed by atoms with Gasteiger partial charge in [-0.05, 0) is 12.3 Å². The molecule has 6 nitrogen and oxygen atoms in total. The molecule has 0 saturated heterocycles. The average Bonchev–Trinajstić information content (AvgIpc) is 3.18. The molecule has 0 aliphatic rings. The number of benzene rings is 1. The van der Waals surface area contributed by atoms with Crippen LogP contribution in [0.2, 0.25) is 0 Å². The van der Waals surface area contributed by atoms with Crippen LogP contribution < -0.4 is 10.1 Å². The van der Waals surface area contributed by atoms with Gasteiger partial charge in [-0.25, -0.2) is 23.7 Å². The maximum Gasteiger partial charge on any atom is 0.189 e. The molecular weight excluding hydrogens is 372 g/mol. The van der Waals surface area contributed by atoms with Gasteiger partial charge in [-0.1, -0.05) is 11.8 Å². The lowest BCUT2D eigenvalue weighted by molar-refractivity contribution is 0.385. The van der Waals surface area contributed by atoms with E-state index < -0.39 is 11.6 Å². The Kier molecular flexibility index (Phi) is 4.31. The summed E-state index contributed by atoms with van der Waals surface area (Å²) in [5, 5.41) is 3.96. The van der Waals surface area contributed by atoms with Crippen LogP contribution in [-0.2, 0) is 0 Å². The van der Waals surface area contributed by atoms with Crippen molar-refractivity contribution in [1.29, 1.82) is 0 Å². The zero-order valence-electron chi connectivity index (χ0n) is 14.7. The molecule has 1 aromatic carbocycles. The first-order chi connectivity index (χ1) is 13.1. The fraction of sp³-hybridized carbons (Fsp3) is 0.167. The SMILES string of the molecule is CNc1cc(OC)c(F)c(-c2cc3cnc(SC)nc3n3ccnc23)c1F. The molecule has 0 unspecified atom stereocenters. The van der Waals surface area contributed by atoms with E-state index in [1.54, 1.807) is 36.1 Å². The van der Waals surface area contributed by atoms with Crippen molar-refractivity contribution in [2.45, 2.75) is 5.16 Å². The highest BCUT2D eigenvalue weighted by Gasteiger charge is 2.23.